The highest BCUT2D eigenvalue weighted by atomic mass is 35.5. The normalized spacial score (nSPS) is 14.2. The van der Waals surface area contributed by atoms with Gasteiger partial charge < -0.3 is 20.0 Å². The summed E-state index contributed by atoms with van der Waals surface area (Å²) in [7, 11) is 0. The second kappa shape index (κ2) is 15.7. The molecule has 12 heteroatoms. The van der Waals surface area contributed by atoms with Gasteiger partial charge in [-0.25, -0.2) is 15.1 Å². The molecule has 1 heterocycles. The molecular weight excluding hydrogens is 653 g/mol. The third kappa shape index (κ3) is 10.2. The minimum absolute atomic E-state index is 0.124. The first kappa shape index (κ1) is 37.4. The summed E-state index contributed by atoms with van der Waals surface area (Å²) in [6.45, 7) is 12.8. The number of halogens is 3. The van der Waals surface area contributed by atoms with E-state index in [4.69, 9.17) is 44.3 Å². The molecule has 9 nitrogen and oxygen atoms in total. The number of hydroxylamine groups is 1. The highest BCUT2D eigenvalue weighted by Gasteiger charge is 2.37. The van der Waals surface area contributed by atoms with Gasteiger partial charge in [-0.3, -0.25) is 9.36 Å². The van der Waals surface area contributed by atoms with Gasteiger partial charge in [0.2, 0.25) is 5.91 Å². The zero-order chi connectivity index (χ0) is 34.4. The van der Waals surface area contributed by atoms with Gasteiger partial charge in [0.15, 0.2) is 0 Å². The number of hydrogen-bond donors (Lipinski definition) is 3. The van der Waals surface area contributed by atoms with E-state index in [1.807, 2.05) is 13.0 Å². The lowest BCUT2D eigenvalue weighted by Crippen LogP contribution is -2.38. The lowest BCUT2D eigenvalue weighted by atomic mass is 9.75. The van der Waals surface area contributed by atoms with Crippen LogP contribution in [0.25, 0.3) is 17.0 Å². The molecule has 0 aliphatic heterocycles. The average Bonchev–Trinajstić information content (AvgIpc) is 3.35. The number of benzene rings is 2. The van der Waals surface area contributed by atoms with Crippen LogP contribution in [0.5, 0.6) is 0 Å². The Morgan fingerprint density at radius 1 is 0.978 bits per heavy atom. The molecule has 0 aliphatic carbocycles. The Morgan fingerprint density at radius 3 is 2.20 bits per heavy atom. The molecule has 0 fully saturated rings. The molecule has 2 aromatic carbocycles. The molecule has 250 valence electrons. The summed E-state index contributed by atoms with van der Waals surface area (Å²) < 4.78 is 12.2. The number of nitrogens with zero attached hydrogens (tertiary/aromatic N) is 1. The van der Waals surface area contributed by atoms with Crippen LogP contribution in [-0.4, -0.2) is 52.0 Å². The van der Waals surface area contributed by atoms with E-state index >= 15 is 0 Å². The van der Waals surface area contributed by atoms with Crippen LogP contribution < -0.4 is 10.8 Å². The summed E-state index contributed by atoms with van der Waals surface area (Å²) in [5.74, 6) is -2.57. The lowest BCUT2D eigenvalue weighted by molar-refractivity contribution is -0.148. The number of alkyl carbamates (subject to hydrolysis) is 1. The van der Waals surface area contributed by atoms with E-state index in [9.17, 15) is 19.6 Å². The van der Waals surface area contributed by atoms with Crippen molar-refractivity contribution in [2.24, 2.45) is 11.8 Å². The Hall–Kier alpha value is -3.08. The fourth-order valence-electron chi connectivity index (χ4n) is 5.32. The molecule has 1 aromatic heterocycles. The smallest absolute Gasteiger partial charge is 0.407 e. The lowest BCUT2D eigenvalue weighted by Gasteiger charge is -2.33. The summed E-state index contributed by atoms with van der Waals surface area (Å²) in [4.78, 5) is 39.0. The zero-order valence-corrected chi connectivity index (χ0v) is 29.4. The van der Waals surface area contributed by atoms with Crippen LogP contribution in [0, 0.1) is 11.8 Å². The van der Waals surface area contributed by atoms with Crippen molar-refractivity contribution in [2.75, 3.05) is 13.1 Å². The number of ether oxygens (including phenoxy) is 2. The average molecular weight is 695 g/mol. The molecule has 0 spiro atoms. The molecule has 2 unspecified atom stereocenters. The first-order chi connectivity index (χ1) is 21.4. The predicted molar refractivity (Wildman–Crippen MR) is 183 cm³/mol. The Bertz CT molecular complexity index is 1570. The van der Waals surface area contributed by atoms with Gasteiger partial charge in [0.05, 0.1) is 11.4 Å². The first-order valence-electron chi connectivity index (χ1n) is 15.0. The summed E-state index contributed by atoms with van der Waals surface area (Å²) in [5, 5.41) is 14.3. The van der Waals surface area contributed by atoms with Gasteiger partial charge in [-0.05, 0) is 95.3 Å². The molecule has 3 N–H and O–H groups in total. The largest absolute Gasteiger partial charge is 0.457 e. The van der Waals surface area contributed by atoms with Crippen LogP contribution in [0.15, 0.2) is 48.7 Å². The van der Waals surface area contributed by atoms with Gasteiger partial charge in [0, 0.05) is 51.7 Å². The van der Waals surface area contributed by atoms with Crippen LogP contribution in [0.4, 0.5) is 4.79 Å². The third-order valence-electron chi connectivity index (χ3n) is 7.13. The monoisotopic (exact) mass is 693 g/mol. The standard InChI is InChI=1S/C34H42Cl3N3O6/c1-20(13-15-38-32(43)46-34(5,6)7)29(30-25(36)17-22(35)18-26(30)37)24(19-39-44)31(42)40-16-14-23-21(9-8-10-27(23)40)11-12-28(41)45-33(2,3)4/h8-12,14,16-18,20,24,29,39,44H,13,15,19H2,1-7H3,(H,38,43)/b12-11+/t20?,24?,29-/m1/s1. The van der Waals surface area contributed by atoms with Crippen molar-refractivity contribution in [3.8, 4) is 0 Å². The molecule has 46 heavy (non-hydrogen) atoms. The number of rotatable bonds is 11. The van der Waals surface area contributed by atoms with Crippen molar-refractivity contribution in [1.29, 1.82) is 0 Å². The number of fused-ring (bicyclic) bond motifs is 1. The number of amides is 1. The molecular formula is C34H42Cl3N3O6. The van der Waals surface area contributed by atoms with Gasteiger partial charge in [-0.2, -0.15) is 0 Å². The summed E-state index contributed by atoms with van der Waals surface area (Å²) in [5.41, 5.74) is 2.71. The maximum atomic E-state index is 14.4. The van der Waals surface area contributed by atoms with Gasteiger partial charge >= 0.3 is 12.1 Å². The molecule has 0 saturated carbocycles. The Morgan fingerprint density at radius 2 is 1.61 bits per heavy atom. The molecule has 3 atom stereocenters. The van der Waals surface area contributed by atoms with E-state index in [0.717, 1.165) is 5.39 Å². The van der Waals surface area contributed by atoms with Gasteiger partial charge in [0.1, 0.15) is 11.2 Å². The molecule has 0 saturated heterocycles. The fraction of sp³-hybridized carbons (Fsp3) is 0.441. The van der Waals surface area contributed by atoms with Crippen molar-refractivity contribution in [3.63, 3.8) is 0 Å². The third-order valence-corrected chi connectivity index (χ3v) is 7.97. The van der Waals surface area contributed by atoms with Crippen LogP contribution in [-0.2, 0) is 14.3 Å². The topological polar surface area (TPSA) is 119 Å². The molecule has 3 aromatic rings. The fourth-order valence-corrected chi connectivity index (χ4v) is 6.39. The number of esters is 1. The van der Waals surface area contributed by atoms with Crippen molar-refractivity contribution in [3.05, 3.63) is 74.9 Å². The molecule has 0 radical (unpaired) electrons. The highest BCUT2D eigenvalue weighted by Crippen LogP contribution is 2.43. The van der Waals surface area contributed by atoms with E-state index in [2.05, 4.69) is 10.8 Å². The van der Waals surface area contributed by atoms with Crippen molar-refractivity contribution in [2.45, 2.75) is 72.0 Å². The van der Waals surface area contributed by atoms with E-state index in [1.165, 1.54) is 10.6 Å². The minimum atomic E-state index is -0.866. The van der Waals surface area contributed by atoms with Gasteiger partial charge in [-0.15, -0.1) is 0 Å². The van der Waals surface area contributed by atoms with Crippen molar-refractivity contribution < 1.29 is 29.1 Å². The van der Waals surface area contributed by atoms with E-state index in [1.54, 1.807) is 84.1 Å². The van der Waals surface area contributed by atoms with Crippen molar-refractivity contribution in [1.82, 2.24) is 15.4 Å². The second-order valence-electron chi connectivity index (χ2n) is 13.1. The van der Waals surface area contributed by atoms with Crippen LogP contribution >= 0.6 is 34.8 Å². The van der Waals surface area contributed by atoms with Crippen LogP contribution in [0.3, 0.4) is 0 Å². The zero-order valence-electron chi connectivity index (χ0n) is 27.1. The highest BCUT2D eigenvalue weighted by molar-refractivity contribution is 6.39. The molecule has 3 rings (SSSR count). The van der Waals surface area contributed by atoms with E-state index in [0.29, 0.717) is 28.1 Å². The molecule has 1 amide bonds. The van der Waals surface area contributed by atoms with Crippen LogP contribution in [0.1, 0.15) is 76.7 Å². The Labute approximate surface area is 285 Å². The first-order valence-corrected chi connectivity index (χ1v) is 16.1. The summed E-state index contributed by atoms with van der Waals surface area (Å²) in [6, 6.07) is 10.3. The van der Waals surface area contributed by atoms with Gasteiger partial charge in [0.25, 0.3) is 0 Å². The number of aromatic nitrogens is 1. The van der Waals surface area contributed by atoms with E-state index in [-0.39, 0.29) is 35.0 Å². The SMILES string of the molecule is CC(CCNC(=O)OC(C)(C)C)[C@@H](c1c(Cl)cc(Cl)cc1Cl)C(CNO)C(=O)n1ccc2c(/C=C/C(=O)OC(C)(C)C)cccc21. The number of nitrogens with one attached hydrogen (secondary N) is 2. The summed E-state index contributed by atoms with van der Waals surface area (Å²) >= 11 is 19.7. The summed E-state index contributed by atoms with van der Waals surface area (Å²) in [6.07, 6.45) is 4.53. The van der Waals surface area contributed by atoms with Crippen molar-refractivity contribution >= 4 is 69.8 Å². The Balaban J connectivity index is 2.01. The second-order valence-corrected chi connectivity index (χ2v) is 14.4. The van der Waals surface area contributed by atoms with Crippen LogP contribution in [0.2, 0.25) is 15.1 Å². The maximum Gasteiger partial charge on any atom is 0.407 e. The number of carbonyl (C=O) groups excluding carboxylic acids is 3. The van der Waals surface area contributed by atoms with Gasteiger partial charge in [-0.1, -0.05) is 53.9 Å². The molecule has 0 bridgehead atoms. The predicted octanol–water partition coefficient (Wildman–Crippen LogP) is 8.53. The number of carbonyl (C=O) groups is 3. The Kier molecular flexibility index (Phi) is 12.7. The maximum absolute atomic E-state index is 14.4. The van der Waals surface area contributed by atoms with E-state index < -0.39 is 35.1 Å². The number of hydrogen-bond acceptors (Lipinski definition) is 7. The minimum Gasteiger partial charge on any atom is -0.457 e. The molecule has 0 aliphatic rings. The quantitative estimate of drug-likeness (QED) is 0.105.